The molecule has 6 nitrogen and oxygen atoms in total. The molecule has 3 rings (SSSR count). The fourth-order valence-electron chi connectivity index (χ4n) is 2.99. The lowest BCUT2D eigenvalue weighted by Crippen LogP contribution is -2.36. The SMILES string of the molecule is COc1ccc(C(=O)N(Cc2ccc(Cl)c(Cl)c2)C(C)C)cc1S(=O)(=O)NC1CC1. The summed E-state index contributed by atoms with van der Waals surface area (Å²) in [6.07, 6.45) is 1.62. The standard InChI is InChI=1S/C21H24Cl2N2O4S/c1-13(2)25(12-14-4-8-17(22)18(23)10-14)21(26)15-5-9-19(29-3)20(11-15)30(27,28)24-16-6-7-16/h4-5,8-11,13,16,24H,6-7,12H2,1-3H3. The van der Waals surface area contributed by atoms with Gasteiger partial charge in [-0.15, -0.1) is 0 Å². The largest absolute Gasteiger partial charge is 0.495 e. The third kappa shape index (κ3) is 5.27. The molecule has 1 aliphatic rings. The summed E-state index contributed by atoms with van der Waals surface area (Å²) >= 11 is 12.1. The van der Waals surface area contributed by atoms with Crippen LogP contribution in [0.2, 0.25) is 10.0 Å². The summed E-state index contributed by atoms with van der Waals surface area (Å²) in [6, 6.07) is 9.48. The van der Waals surface area contributed by atoms with Gasteiger partial charge < -0.3 is 9.64 Å². The number of ether oxygens (including phenoxy) is 1. The topological polar surface area (TPSA) is 75.7 Å². The molecule has 2 aromatic rings. The number of hydrogen-bond acceptors (Lipinski definition) is 4. The molecule has 1 fully saturated rings. The number of benzene rings is 2. The lowest BCUT2D eigenvalue weighted by atomic mass is 10.1. The molecule has 1 saturated carbocycles. The zero-order valence-corrected chi connectivity index (χ0v) is 19.3. The van der Waals surface area contributed by atoms with Crippen LogP contribution >= 0.6 is 23.2 Å². The number of halogens is 2. The van der Waals surface area contributed by atoms with Crippen molar-refractivity contribution in [2.75, 3.05) is 7.11 Å². The van der Waals surface area contributed by atoms with Crippen molar-refractivity contribution in [1.82, 2.24) is 9.62 Å². The van der Waals surface area contributed by atoms with Gasteiger partial charge in [0.15, 0.2) is 0 Å². The molecule has 162 valence electrons. The number of carbonyl (C=O) groups excluding carboxylic acids is 1. The monoisotopic (exact) mass is 470 g/mol. The normalized spacial score (nSPS) is 14.1. The van der Waals surface area contributed by atoms with Crippen molar-refractivity contribution in [2.24, 2.45) is 0 Å². The lowest BCUT2D eigenvalue weighted by Gasteiger charge is -2.27. The molecule has 0 aliphatic heterocycles. The highest BCUT2D eigenvalue weighted by molar-refractivity contribution is 7.89. The Bertz CT molecular complexity index is 1050. The van der Waals surface area contributed by atoms with Gasteiger partial charge >= 0.3 is 0 Å². The molecule has 1 aliphatic carbocycles. The second-order valence-electron chi connectivity index (χ2n) is 7.54. The van der Waals surface area contributed by atoms with E-state index >= 15 is 0 Å². The Morgan fingerprint density at radius 3 is 2.43 bits per heavy atom. The average Bonchev–Trinajstić information content (AvgIpc) is 3.50. The highest BCUT2D eigenvalue weighted by atomic mass is 35.5. The number of sulfonamides is 1. The van der Waals surface area contributed by atoms with Crippen LogP contribution in [0.25, 0.3) is 0 Å². The fourth-order valence-corrected chi connectivity index (χ4v) is 4.81. The van der Waals surface area contributed by atoms with Crippen LogP contribution in [0, 0.1) is 0 Å². The molecule has 0 spiro atoms. The summed E-state index contributed by atoms with van der Waals surface area (Å²) in [6.45, 7) is 4.10. The van der Waals surface area contributed by atoms with E-state index in [0.29, 0.717) is 16.6 Å². The molecule has 0 unspecified atom stereocenters. The second-order valence-corrected chi connectivity index (χ2v) is 10.0. The molecule has 2 aromatic carbocycles. The van der Waals surface area contributed by atoms with E-state index in [-0.39, 0.29) is 34.2 Å². The summed E-state index contributed by atoms with van der Waals surface area (Å²) in [5.74, 6) is -0.0955. The summed E-state index contributed by atoms with van der Waals surface area (Å²) in [5.41, 5.74) is 1.09. The van der Waals surface area contributed by atoms with E-state index in [1.54, 1.807) is 29.2 Å². The Morgan fingerprint density at radius 2 is 1.87 bits per heavy atom. The third-order valence-electron chi connectivity index (χ3n) is 4.82. The molecule has 0 saturated heterocycles. The van der Waals surface area contributed by atoms with Gasteiger partial charge in [-0.3, -0.25) is 4.79 Å². The van der Waals surface area contributed by atoms with Crippen molar-refractivity contribution >= 4 is 39.1 Å². The maximum atomic E-state index is 13.3. The summed E-state index contributed by atoms with van der Waals surface area (Å²) in [5, 5.41) is 0.852. The van der Waals surface area contributed by atoms with Crippen molar-refractivity contribution in [2.45, 2.75) is 50.2 Å². The van der Waals surface area contributed by atoms with Gasteiger partial charge in [0.05, 0.1) is 17.2 Å². The minimum atomic E-state index is -3.79. The zero-order valence-electron chi connectivity index (χ0n) is 17.0. The van der Waals surface area contributed by atoms with Gasteiger partial charge in [0.1, 0.15) is 10.6 Å². The van der Waals surface area contributed by atoms with Crippen LogP contribution in [-0.4, -0.2) is 38.4 Å². The molecule has 0 radical (unpaired) electrons. The first kappa shape index (κ1) is 22.9. The van der Waals surface area contributed by atoms with Gasteiger partial charge in [-0.2, -0.15) is 0 Å². The molecule has 0 bridgehead atoms. The van der Waals surface area contributed by atoms with E-state index < -0.39 is 10.0 Å². The van der Waals surface area contributed by atoms with Crippen LogP contribution in [0.1, 0.15) is 42.6 Å². The number of nitrogens with zero attached hydrogens (tertiary/aromatic N) is 1. The Hall–Kier alpha value is -1.80. The Labute approximate surface area is 187 Å². The van der Waals surface area contributed by atoms with Crippen LogP contribution in [0.15, 0.2) is 41.3 Å². The highest BCUT2D eigenvalue weighted by Crippen LogP contribution is 2.29. The number of methoxy groups -OCH3 is 1. The van der Waals surface area contributed by atoms with E-state index in [4.69, 9.17) is 27.9 Å². The van der Waals surface area contributed by atoms with Gasteiger partial charge in [0.2, 0.25) is 10.0 Å². The van der Waals surface area contributed by atoms with Gasteiger partial charge in [-0.25, -0.2) is 13.1 Å². The van der Waals surface area contributed by atoms with E-state index in [0.717, 1.165) is 18.4 Å². The van der Waals surface area contributed by atoms with Crippen molar-refractivity contribution in [1.29, 1.82) is 0 Å². The molecule has 0 aromatic heterocycles. The van der Waals surface area contributed by atoms with E-state index in [2.05, 4.69) is 4.72 Å². The number of amides is 1. The Morgan fingerprint density at radius 1 is 1.17 bits per heavy atom. The van der Waals surface area contributed by atoms with Crippen molar-refractivity contribution < 1.29 is 17.9 Å². The summed E-state index contributed by atoms with van der Waals surface area (Å²) < 4.78 is 33.4. The minimum absolute atomic E-state index is 0.0407. The van der Waals surface area contributed by atoms with Gasteiger partial charge in [0.25, 0.3) is 5.91 Å². The van der Waals surface area contributed by atoms with Crippen molar-refractivity contribution in [3.63, 3.8) is 0 Å². The van der Waals surface area contributed by atoms with Crippen LogP contribution in [0.3, 0.4) is 0 Å². The third-order valence-corrected chi connectivity index (χ3v) is 7.10. The minimum Gasteiger partial charge on any atom is -0.495 e. The van der Waals surface area contributed by atoms with Crippen molar-refractivity contribution in [3.05, 3.63) is 57.6 Å². The zero-order chi connectivity index (χ0) is 22.1. The first-order valence-electron chi connectivity index (χ1n) is 9.57. The van der Waals surface area contributed by atoms with Crippen LogP contribution in [0.5, 0.6) is 5.75 Å². The lowest BCUT2D eigenvalue weighted by molar-refractivity contribution is 0.0690. The van der Waals surface area contributed by atoms with Crippen LogP contribution < -0.4 is 9.46 Å². The van der Waals surface area contributed by atoms with E-state index in [1.807, 2.05) is 13.8 Å². The Kier molecular flexibility index (Phi) is 6.97. The van der Waals surface area contributed by atoms with Gasteiger partial charge in [-0.05, 0) is 62.6 Å². The summed E-state index contributed by atoms with van der Waals surface area (Å²) in [7, 11) is -2.39. The molecule has 0 atom stereocenters. The van der Waals surface area contributed by atoms with Gasteiger partial charge in [0, 0.05) is 24.2 Å². The predicted molar refractivity (Wildman–Crippen MR) is 118 cm³/mol. The molecule has 9 heteroatoms. The van der Waals surface area contributed by atoms with Crippen molar-refractivity contribution in [3.8, 4) is 5.75 Å². The molecule has 30 heavy (non-hydrogen) atoms. The molecular weight excluding hydrogens is 447 g/mol. The first-order chi connectivity index (χ1) is 14.1. The smallest absolute Gasteiger partial charge is 0.254 e. The van der Waals surface area contributed by atoms with Gasteiger partial charge in [-0.1, -0.05) is 29.3 Å². The number of carbonyl (C=O) groups is 1. The molecule has 1 N–H and O–H groups in total. The molecule has 0 heterocycles. The van der Waals surface area contributed by atoms with E-state index in [1.165, 1.54) is 19.2 Å². The number of nitrogens with one attached hydrogen (secondary N) is 1. The first-order valence-corrected chi connectivity index (χ1v) is 11.8. The maximum absolute atomic E-state index is 13.3. The molecule has 1 amide bonds. The maximum Gasteiger partial charge on any atom is 0.254 e. The fraction of sp³-hybridized carbons (Fsp3) is 0.381. The Balaban J connectivity index is 1.92. The van der Waals surface area contributed by atoms with Crippen LogP contribution in [0.4, 0.5) is 0 Å². The molecular formula is C21H24Cl2N2O4S. The number of hydrogen-bond donors (Lipinski definition) is 1. The second kappa shape index (κ2) is 9.14. The quantitative estimate of drug-likeness (QED) is 0.616. The van der Waals surface area contributed by atoms with Crippen LogP contribution in [-0.2, 0) is 16.6 Å². The summed E-state index contributed by atoms with van der Waals surface area (Å²) in [4.78, 5) is 14.9. The van der Waals surface area contributed by atoms with E-state index in [9.17, 15) is 13.2 Å². The highest BCUT2D eigenvalue weighted by Gasteiger charge is 2.31. The number of rotatable bonds is 8. The predicted octanol–water partition coefficient (Wildman–Crippen LogP) is 4.49. The average molecular weight is 471 g/mol.